The van der Waals surface area contributed by atoms with Crippen molar-refractivity contribution in [3.8, 4) is 11.5 Å². The van der Waals surface area contributed by atoms with E-state index in [0.717, 1.165) is 0 Å². The molecule has 1 fully saturated rings. The molecule has 0 aliphatic carbocycles. The van der Waals surface area contributed by atoms with Crippen molar-refractivity contribution in [1.82, 2.24) is 15.0 Å². The summed E-state index contributed by atoms with van der Waals surface area (Å²) in [5.41, 5.74) is 0.694. The first-order valence-corrected chi connectivity index (χ1v) is 6.54. The Balaban J connectivity index is 1.66. The van der Waals surface area contributed by atoms with Gasteiger partial charge in [-0.25, -0.2) is 0 Å². The van der Waals surface area contributed by atoms with Crippen molar-refractivity contribution >= 4 is 17.6 Å². The summed E-state index contributed by atoms with van der Waals surface area (Å²) < 4.78 is 5.19. The van der Waals surface area contributed by atoms with Crippen LogP contribution in [0.25, 0.3) is 11.5 Å². The van der Waals surface area contributed by atoms with Gasteiger partial charge in [-0.05, 0) is 12.1 Å². The van der Waals surface area contributed by atoms with Crippen LogP contribution in [0.4, 0.5) is 0 Å². The Morgan fingerprint density at radius 3 is 2.90 bits per heavy atom. The van der Waals surface area contributed by atoms with E-state index in [4.69, 9.17) is 21.2 Å². The summed E-state index contributed by atoms with van der Waals surface area (Å²) >= 11 is 6.06. The van der Waals surface area contributed by atoms with Crippen LogP contribution in [-0.2, 0) is 11.3 Å². The molecule has 2 aromatic rings. The minimum atomic E-state index is -0.758. The summed E-state index contributed by atoms with van der Waals surface area (Å²) in [7, 11) is 0. The predicted molar refractivity (Wildman–Crippen MR) is 71.1 cm³/mol. The molecular weight excluding hydrogens is 282 g/mol. The van der Waals surface area contributed by atoms with E-state index in [2.05, 4.69) is 10.1 Å². The summed E-state index contributed by atoms with van der Waals surface area (Å²) in [5, 5.41) is 13.3. The SMILES string of the molecule is O=C(O)C1CN(Cc2noc(-c3ccccc3Cl)n2)C1. The van der Waals surface area contributed by atoms with Crippen LogP contribution >= 0.6 is 11.6 Å². The highest BCUT2D eigenvalue weighted by Gasteiger charge is 2.33. The third-order valence-corrected chi connectivity index (χ3v) is 3.57. The first-order chi connectivity index (χ1) is 9.63. The number of nitrogens with zero attached hydrogens (tertiary/aromatic N) is 3. The summed E-state index contributed by atoms with van der Waals surface area (Å²) in [6.45, 7) is 1.52. The first kappa shape index (κ1) is 13.1. The molecule has 1 N–H and O–H groups in total. The number of rotatable bonds is 4. The summed E-state index contributed by atoms with van der Waals surface area (Å²) in [6.07, 6.45) is 0. The third-order valence-electron chi connectivity index (χ3n) is 3.24. The van der Waals surface area contributed by atoms with E-state index in [0.29, 0.717) is 41.9 Å². The topological polar surface area (TPSA) is 79.5 Å². The summed E-state index contributed by atoms with van der Waals surface area (Å²) in [6, 6.07) is 7.24. The average Bonchev–Trinajstić information content (AvgIpc) is 2.81. The van der Waals surface area contributed by atoms with Crippen molar-refractivity contribution in [3.05, 3.63) is 35.1 Å². The van der Waals surface area contributed by atoms with Crippen LogP contribution in [0.3, 0.4) is 0 Å². The van der Waals surface area contributed by atoms with E-state index >= 15 is 0 Å². The minimum Gasteiger partial charge on any atom is -0.481 e. The van der Waals surface area contributed by atoms with Gasteiger partial charge in [0, 0.05) is 13.1 Å². The number of halogens is 1. The zero-order valence-electron chi connectivity index (χ0n) is 10.5. The normalized spacial score (nSPS) is 16.1. The van der Waals surface area contributed by atoms with E-state index in [-0.39, 0.29) is 5.92 Å². The fraction of sp³-hybridized carbons (Fsp3) is 0.308. The van der Waals surface area contributed by atoms with Crippen molar-refractivity contribution in [2.75, 3.05) is 13.1 Å². The number of aromatic nitrogens is 2. The van der Waals surface area contributed by atoms with Gasteiger partial charge in [0.2, 0.25) is 0 Å². The lowest BCUT2D eigenvalue weighted by molar-refractivity contribution is -0.147. The number of aliphatic carboxylic acids is 1. The molecule has 1 aromatic heterocycles. The maximum atomic E-state index is 10.7. The third kappa shape index (κ3) is 2.52. The Morgan fingerprint density at radius 1 is 1.45 bits per heavy atom. The van der Waals surface area contributed by atoms with E-state index in [1.165, 1.54) is 0 Å². The van der Waals surface area contributed by atoms with Gasteiger partial charge in [0.25, 0.3) is 5.89 Å². The van der Waals surface area contributed by atoms with Gasteiger partial charge in [-0.15, -0.1) is 0 Å². The highest BCUT2D eigenvalue weighted by Crippen LogP contribution is 2.26. The Bertz CT molecular complexity index is 637. The van der Waals surface area contributed by atoms with Crippen LogP contribution in [-0.4, -0.2) is 39.2 Å². The molecule has 0 bridgehead atoms. The highest BCUT2D eigenvalue weighted by atomic mass is 35.5. The second-order valence-corrected chi connectivity index (χ2v) is 5.13. The molecule has 20 heavy (non-hydrogen) atoms. The Hall–Kier alpha value is -1.92. The van der Waals surface area contributed by atoms with Gasteiger partial charge in [0.1, 0.15) is 0 Å². The van der Waals surface area contributed by atoms with E-state index < -0.39 is 5.97 Å². The number of carboxylic acid groups (broad SMARTS) is 1. The van der Waals surface area contributed by atoms with Crippen molar-refractivity contribution < 1.29 is 14.4 Å². The van der Waals surface area contributed by atoms with Crippen molar-refractivity contribution in [2.45, 2.75) is 6.54 Å². The molecule has 1 aliphatic rings. The molecule has 1 aromatic carbocycles. The molecule has 6 nitrogen and oxygen atoms in total. The molecule has 0 spiro atoms. The molecule has 1 aliphatic heterocycles. The Morgan fingerprint density at radius 2 is 2.20 bits per heavy atom. The molecule has 2 heterocycles. The number of benzene rings is 1. The second-order valence-electron chi connectivity index (χ2n) is 4.72. The minimum absolute atomic E-state index is 0.287. The lowest BCUT2D eigenvalue weighted by Crippen LogP contribution is -2.49. The van der Waals surface area contributed by atoms with Gasteiger partial charge >= 0.3 is 5.97 Å². The van der Waals surface area contributed by atoms with Gasteiger partial charge in [-0.1, -0.05) is 28.9 Å². The van der Waals surface area contributed by atoms with Gasteiger partial charge in [0.15, 0.2) is 5.82 Å². The lowest BCUT2D eigenvalue weighted by atomic mass is 10.0. The molecule has 0 radical (unpaired) electrons. The molecular formula is C13H12ClN3O3. The number of hydrogen-bond donors (Lipinski definition) is 1. The van der Waals surface area contributed by atoms with Crippen LogP contribution < -0.4 is 0 Å². The smallest absolute Gasteiger partial charge is 0.309 e. The zero-order valence-corrected chi connectivity index (χ0v) is 11.2. The molecule has 104 valence electrons. The van der Waals surface area contributed by atoms with Crippen LogP contribution in [0, 0.1) is 5.92 Å². The molecule has 0 unspecified atom stereocenters. The molecule has 3 rings (SSSR count). The number of likely N-dealkylation sites (tertiary alicyclic amines) is 1. The molecule has 1 saturated heterocycles. The van der Waals surface area contributed by atoms with Gasteiger partial charge in [-0.3, -0.25) is 9.69 Å². The monoisotopic (exact) mass is 293 g/mol. The number of carboxylic acids is 1. The van der Waals surface area contributed by atoms with Crippen LogP contribution in [0.5, 0.6) is 0 Å². The summed E-state index contributed by atoms with van der Waals surface area (Å²) in [5.74, 6) is -0.138. The second kappa shape index (κ2) is 5.22. The van der Waals surface area contributed by atoms with Crippen molar-refractivity contribution in [2.24, 2.45) is 5.92 Å². The molecule has 0 atom stereocenters. The zero-order chi connectivity index (χ0) is 14.1. The molecule has 0 saturated carbocycles. The number of hydrogen-bond acceptors (Lipinski definition) is 5. The van der Waals surface area contributed by atoms with Crippen molar-refractivity contribution in [1.29, 1.82) is 0 Å². The maximum absolute atomic E-state index is 10.7. The standard InChI is InChI=1S/C13H12ClN3O3/c14-10-4-2-1-3-9(10)12-15-11(16-20-12)7-17-5-8(6-17)13(18)19/h1-4,8H,5-7H2,(H,18,19). The first-order valence-electron chi connectivity index (χ1n) is 6.16. The molecule has 7 heteroatoms. The van der Waals surface area contributed by atoms with Crippen LogP contribution in [0.15, 0.2) is 28.8 Å². The molecule has 0 amide bonds. The predicted octanol–water partition coefficient (Wildman–Crippen LogP) is 1.91. The fourth-order valence-electron chi connectivity index (χ4n) is 2.12. The average molecular weight is 294 g/mol. The fourth-order valence-corrected chi connectivity index (χ4v) is 2.33. The highest BCUT2D eigenvalue weighted by molar-refractivity contribution is 6.33. The van der Waals surface area contributed by atoms with Crippen molar-refractivity contribution in [3.63, 3.8) is 0 Å². The maximum Gasteiger partial charge on any atom is 0.309 e. The Labute approximate surface area is 120 Å². The van der Waals surface area contributed by atoms with Gasteiger partial charge in [-0.2, -0.15) is 4.98 Å². The van der Waals surface area contributed by atoms with Crippen LogP contribution in [0.2, 0.25) is 5.02 Å². The quantitative estimate of drug-likeness (QED) is 0.927. The largest absolute Gasteiger partial charge is 0.481 e. The van der Waals surface area contributed by atoms with E-state index in [1.54, 1.807) is 6.07 Å². The Kier molecular flexibility index (Phi) is 3.42. The van der Waals surface area contributed by atoms with E-state index in [1.807, 2.05) is 23.1 Å². The number of carbonyl (C=O) groups is 1. The summed E-state index contributed by atoms with van der Waals surface area (Å²) in [4.78, 5) is 17.0. The van der Waals surface area contributed by atoms with E-state index in [9.17, 15) is 4.79 Å². The van der Waals surface area contributed by atoms with Gasteiger partial charge in [0.05, 0.1) is 23.0 Å². The van der Waals surface area contributed by atoms with Gasteiger partial charge < -0.3 is 9.63 Å². The lowest BCUT2D eigenvalue weighted by Gasteiger charge is -2.35. The van der Waals surface area contributed by atoms with Crippen LogP contribution in [0.1, 0.15) is 5.82 Å².